The minimum Gasteiger partial charge on any atom is -0.287 e. The molecular formula is C17H12N2O3S. The van der Waals surface area contributed by atoms with Gasteiger partial charge in [-0.1, -0.05) is 24.1 Å². The Balaban J connectivity index is 0.000000213. The van der Waals surface area contributed by atoms with Crippen molar-refractivity contribution in [2.45, 2.75) is 0 Å². The van der Waals surface area contributed by atoms with Crippen molar-refractivity contribution >= 4 is 27.6 Å². The fourth-order valence-electron chi connectivity index (χ4n) is 2.18. The van der Waals surface area contributed by atoms with E-state index in [-0.39, 0.29) is 18.1 Å². The molecule has 1 atom stereocenters. The third kappa shape index (κ3) is 3.05. The molecule has 2 aliphatic carbocycles. The molecule has 1 saturated heterocycles. The molecule has 0 bridgehead atoms. The highest BCUT2D eigenvalue weighted by atomic mass is 32.2. The van der Waals surface area contributed by atoms with Gasteiger partial charge < -0.3 is 0 Å². The summed E-state index contributed by atoms with van der Waals surface area (Å²) in [6.45, 7) is 0.183. The lowest BCUT2D eigenvalue weighted by Crippen LogP contribution is -2.47. The second-order valence-electron chi connectivity index (χ2n) is 4.89. The summed E-state index contributed by atoms with van der Waals surface area (Å²) in [7, 11) is -1.73. The maximum Gasteiger partial charge on any atom is 0.309 e. The molecule has 114 valence electrons. The van der Waals surface area contributed by atoms with Crippen molar-refractivity contribution in [2.24, 2.45) is 0 Å². The highest BCUT2D eigenvalue weighted by Gasteiger charge is 2.34. The van der Waals surface area contributed by atoms with Gasteiger partial charge in [-0.25, -0.2) is 4.98 Å². The van der Waals surface area contributed by atoms with Crippen LogP contribution in [0.4, 0.5) is 5.82 Å². The SMILES string of the molecule is C#Cc1cccnc1N1CCS(=O)C(=O)C1=O.c1cc2cc-2c1. The fourth-order valence-corrected chi connectivity index (χ4v) is 3.02. The van der Waals surface area contributed by atoms with E-state index in [0.717, 1.165) is 0 Å². The summed E-state index contributed by atoms with van der Waals surface area (Å²) in [6.07, 6.45) is 6.78. The Kier molecular flexibility index (Phi) is 4.04. The molecule has 4 rings (SSSR count). The average Bonchev–Trinajstić information content (AvgIpc) is 3.19. The summed E-state index contributed by atoms with van der Waals surface area (Å²) < 4.78 is 11.2. The molecule has 1 aromatic heterocycles. The highest BCUT2D eigenvalue weighted by molar-refractivity contribution is 8.02. The first-order valence-corrected chi connectivity index (χ1v) is 8.20. The first-order valence-electron chi connectivity index (χ1n) is 6.88. The van der Waals surface area contributed by atoms with Crippen LogP contribution >= 0.6 is 0 Å². The lowest BCUT2D eigenvalue weighted by atomic mass is 10.2. The van der Waals surface area contributed by atoms with E-state index in [2.05, 4.69) is 35.2 Å². The standard InChI is InChI=1S/C11H8N2O3S.C6H4/c1-2-8-4-3-5-12-9(8)13-6-7-17(16)11(15)10(13)14;1-2-5-4-6(5)3-1/h1,3-5H,6-7H2;1-4H. The van der Waals surface area contributed by atoms with Gasteiger partial charge in [0, 0.05) is 18.5 Å². The Labute approximate surface area is 135 Å². The molecule has 2 heterocycles. The fraction of sp³-hybridized carbons (Fsp3) is 0.118. The van der Waals surface area contributed by atoms with Gasteiger partial charge in [0.2, 0.25) is 0 Å². The van der Waals surface area contributed by atoms with E-state index >= 15 is 0 Å². The third-order valence-corrected chi connectivity index (χ3v) is 4.58. The van der Waals surface area contributed by atoms with Crippen LogP contribution in [0.3, 0.4) is 0 Å². The van der Waals surface area contributed by atoms with Gasteiger partial charge in [0.15, 0.2) is 5.82 Å². The van der Waals surface area contributed by atoms with Crippen LogP contribution in [0.1, 0.15) is 5.56 Å². The molecule has 5 nitrogen and oxygen atoms in total. The van der Waals surface area contributed by atoms with Gasteiger partial charge in [-0.2, -0.15) is 0 Å². The van der Waals surface area contributed by atoms with Crippen molar-refractivity contribution in [1.82, 2.24) is 4.98 Å². The van der Waals surface area contributed by atoms with Gasteiger partial charge in [-0.15, -0.1) is 6.42 Å². The maximum absolute atomic E-state index is 11.7. The molecule has 1 amide bonds. The summed E-state index contributed by atoms with van der Waals surface area (Å²) in [5.41, 5.74) is 3.28. The Morgan fingerprint density at radius 2 is 1.91 bits per heavy atom. The van der Waals surface area contributed by atoms with Crippen LogP contribution in [0, 0.1) is 12.3 Å². The van der Waals surface area contributed by atoms with Crippen molar-refractivity contribution in [1.29, 1.82) is 0 Å². The number of benzene rings is 1. The second-order valence-corrected chi connectivity index (χ2v) is 6.36. The Bertz CT molecular complexity index is 853. The van der Waals surface area contributed by atoms with Crippen molar-refractivity contribution in [2.75, 3.05) is 17.2 Å². The van der Waals surface area contributed by atoms with Gasteiger partial charge >= 0.3 is 11.0 Å². The third-order valence-electron chi connectivity index (χ3n) is 3.44. The molecular weight excluding hydrogens is 312 g/mol. The molecule has 0 saturated carbocycles. The minimum atomic E-state index is -1.73. The summed E-state index contributed by atoms with van der Waals surface area (Å²) in [5.74, 6) is 1.97. The number of nitrogens with zero attached hydrogens (tertiary/aromatic N) is 2. The normalized spacial score (nSPS) is 17.9. The zero-order chi connectivity index (χ0) is 16.4. The molecule has 23 heavy (non-hydrogen) atoms. The number of rotatable bonds is 1. The first kappa shape index (κ1) is 15.1. The van der Waals surface area contributed by atoms with Crippen LogP contribution in [0.5, 0.6) is 0 Å². The predicted molar refractivity (Wildman–Crippen MR) is 88.0 cm³/mol. The zero-order valence-corrected chi connectivity index (χ0v) is 12.9. The Hall–Kier alpha value is -2.78. The largest absolute Gasteiger partial charge is 0.309 e. The number of aromatic nitrogens is 1. The summed E-state index contributed by atoms with van der Waals surface area (Å²) in [6, 6.07) is 11.8. The molecule has 1 unspecified atom stereocenters. The number of pyridine rings is 1. The first-order chi connectivity index (χ1) is 11.1. The molecule has 1 aromatic rings. The summed E-state index contributed by atoms with van der Waals surface area (Å²) in [5, 5.41) is -0.898. The van der Waals surface area contributed by atoms with E-state index in [1.807, 2.05) is 0 Å². The molecule has 3 aliphatic rings. The number of terminal acetylenes is 1. The Morgan fingerprint density at radius 1 is 1.17 bits per heavy atom. The molecule has 1 fully saturated rings. The van der Waals surface area contributed by atoms with Crippen molar-refractivity contribution in [3.05, 3.63) is 48.2 Å². The van der Waals surface area contributed by atoms with Gasteiger partial charge in [0.25, 0.3) is 0 Å². The van der Waals surface area contributed by atoms with Gasteiger partial charge in [-0.3, -0.25) is 18.7 Å². The topological polar surface area (TPSA) is 67.3 Å². The average molecular weight is 324 g/mol. The highest BCUT2D eigenvalue weighted by Crippen LogP contribution is 2.32. The van der Waals surface area contributed by atoms with Gasteiger partial charge in [-0.05, 0) is 29.3 Å². The lowest BCUT2D eigenvalue weighted by molar-refractivity contribution is -0.131. The smallest absolute Gasteiger partial charge is 0.287 e. The molecule has 0 radical (unpaired) electrons. The van der Waals surface area contributed by atoms with Gasteiger partial charge in [0.1, 0.15) is 10.8 Å². The lowest BCUT2D eigenvalue weighted by Gasteiger charge is -2.24. The number of anilines is 1. The number of fused-ring (bicyclic) bond motifs is 1. The van der Waals surface area contributed by atoms with E-state index in [1.165, 1.54) is 22.2 Å². The van der Waals surface area contributed by atoms with Crippen molar-refractivity contribution in [3.8, 4) is 23.5 Å². The number of amides is 1. The zero-order valence-electron chi connectivity index (χ0n) is 12.1. The van der Waals surface area contributed by atoms with Crippen molar-refractivity contribution in [3.63, 3.8) is 0 Å². The molecule has 6 heteroatoms. The number of hydrogen-bond donors (Lipinski definition) is 0. The van der Waals surface area contributed by atoms with E-state index < -0.39 is 21.8 Å². The predicted octanol–water partition coefficient (Wildman–Crippen LogP) is 1.35. The van der Waals surface area contributed by atoms with E-state index in [4.69, 9.17) is 6.42 Å². The van der Waals surface area contributed by atoms with Gasteiger partial charge in [0.05, 0.1) is 5.56 Å². The van der Waals surface area contributed by atoms with Crippen LogP contribution in [-0.2, 0) is 20.4 Å². The maximum atomic E-state index is 11.7. The summed E-state index contributed by atoms with van der Waals surface area (Å²) in [4.78, 5) is 28.2. The number of hydrogen-bond acceptors (Lipinski definition) is 4. The van der Waals surface area contributed by atoms with E-state index in [9.17, 15) is 13.8 Å². The monoisotopic (exact) mass is 324 g/mol. The van der Waals surface area contributed by atoms with Crippen LogP contribution in [0.25, 0.3) is 11.1 Å². The molecule has 1 aliphatic heterocycles. The van der Waals surface area contributed by atoms with Crippen molar-refractivity contribution < 1.29 is 13.8 Å². The minimum absolute atomic E-state index is 0.116. The molecule has 0 N–H and O–H groups in total. The number of carbonyl (C=O) groups excluding carboxylic acids is 2. The quantitative estimate of drug-likeness (QED) is 0.501. The van der Waals surface area contributed by atoms with Crippen LogP contribution in [0.15, 0.2) is 42.6 Å². The summed E-state index contributed by atoms with van der Waals surface area (Å²) >= 11 is 0. The van der Waals surface area contributed by atoms with Crippen LogP contribution < -0.4 is 4.90 Å². The van der Waals surface area contributed by atoms with E-state index in [0.29, 0.717) is 5.56 Å². The number of carbonyl (C=O) groups is 2. The second kappa shape index (κ2) is 6.15. The molecule has 0 spiro atoms. The Morgan fingerprint density at radius 3 is 2.48 bits per heavy atom. The van der Waals surface area contributed by atoms with Crippen LogP contribution in [0.2, 0.25) is 0 Å². The molecule has 0 aromatic carbocycles. The van der Waals surface area contributed by atoms with E-state index in [1.54, 1.807) is 12.1 Å². The van der Waals surface area contributed by atoms with Crippen LogP contribution in [-0.4, -0.2) is 32.5 Å².